The molecule has 0 aliphatic carbocycles. The Morgan fingerprint density at radius 1 is 0.536 bits per heavy atom. The summed E-state index contributed by atoms with van der Waals surface area (Å²) in [5, 5.41) is 23.5. The van der Waals surface area contributed by atoms with Crippen LogP contribution < -0.4 is 5.32 Å². The van der Waals surface area contributed by atoms with Crippen LogP contribution in [0.2, 0.25) is 0 Å². The van der Waals surface area contributed by atoms with Gasteiger partial charge in [-0.1, -0.05) is 210 Å². The number of hydrogen-bond donors (Lipinski definition) is 3. The Bertz CT molecular complexity index is 1060. The average Bonchev–Trinajstić information content (AvgIpc) is 3.19. The lowest BCUT2D eigenvalue weighted by Crippen LogP contribution is -2.46. The van der Waals surface area contributed by atoms with Crippen LogP contribution in [0.3, 0.4) is 0 Å². The Hall–Kier alpha value is -2.70. The third-order valence-electron chi connectivity index (χ3n) is 10.0. The standard InChI is InChI=1S/C50H87NO5/c1-4-7-10-13-16-19-22-23-24-25-26-27-28-29-32-35-38-41-46(56-50(55)43-40-37-34-31-21-18-15-12-9-6-3)44-49(54)51-47(45-52)48(53)42-39-36-33-30-20-17-14-11-8-5-2/h7,10,16,19,23-24,26-27,29,32,38,41,46-48,52-53H,4-6,8-9,11-15,17-18,20-22,25,28,30-31,33-37,39-40,42-45H2,1-3H3,(H,51,54)/b10-7-,19-16-,24-23-,27-26-,32-29-,41-38-. The highest BCUT2D eigenvalue weighted by atomic mass is 16.5. The first-order chi connectivity index (χ1) is 27.5. The van der Waals surface area contributed by atoms with Crippen LogP contribution in [-0.4, -0.2) is 46.9 Å². The number of hydrogen-bond acceptors (Lipinski definition) is 5. The third kappa shape index (κ3) is 38.2. The van der Waals surface area contributed by atoms with Crippen LogP contribution in [-0.2, 0) is 14.3 Å². The van der Waals surface area contributed by atoms with E-state index in [1.807, 2.05) is 6.08 Å². The van der Waals surface area contributed by atoms with E-state index in [0.29, 0.717) is 19.3 Å². The van der Waals surface area contributed by atoms with Gasteiger partial charge in [-0.05, 0) is 57.4 Å². The average molecular weight is 782 g/mol. The van der Waals surface area contributed by atoms with E-state index in [9.17, 15) is 19.8 Å². The van der Waals surface area contributed by atoms with Crippen LogP contribution >= 0.6 is 0 Å². The second kappa shape index (κ2) is 43.4. The number of ether oxygens (including phenoxy) is 1. The molecule has 6 nitrogen and oxygen atoms in total. The fraction of sp³-hybridized carbons (Fsp3) is 0.720. The van der Waals surface area contributed by atoms with E-state index in [4.69, 9.17) is 4.74 Å². The van der Waals surface area contributed by atoms with Gasteiger partial charge in [-0.15, -0.1) is 0 Å². The van der Waals surface area contributed by atoms with Gasteiger partial charge in [0.15, 0.2) is 0 Å². The van der Waals surface area contributed by atoms with Crippen molar-refractivity contribution in [1.82, 2.24) is 5.32 Å². The lowest BCUT2D eigenvalue weighted by molar-refractivity contribution is -0.148. The Morgan fingerprint density at radius 3 is 1.36 bits per heavy atom. The molecule has 0 saturated heterocycles. The highest BCUT2D eigenvalue weighted by Crippen LogP contribution is 2.15. The molecule has 0 radical (unpaired) electrons. The van der Waals surface area contributed by atoms with Crippen molar-refractivity contribution in [1.29, 1.82) is 0 Å². The summed E-state index contributed by atoms with van der Waals surface area (Å²) in [5.74, 6) is -0.635. The molecular weight excluding hydrogens is 695 g/mol. The Morgan fingerprint density at radius 2 is 0.929 bits per heavy atom. The number of unbranched alkanes of at least 4 members (excludes halogenated alkanes) is 18. The van der Waals surface area contributed by atoms with E-state index >= 15 is 0 Å². The number of aliphatic hydroxyl groups excluding tert-OH is 2. The lowest BCUT2D eigenvalue weighted by atomic mass is 10.0. The molecule has 3 N–H and O–H groups in total. The predicted molar refractivity (Wildman–Crippen MR) is 241 cm³/mol. The zero-order valence-electron chi connectivity index (χ0n) is 36.5. The van der Waals surface area contributed by atoms with Crippen LogP contribution in [0.5, 0.6) is 0 Å². The van der Waals surface area contributed by atoms with Crippen molar-refractivity contribution in [2.45, 2.75) is 225 Å². The van der Waals surface area contributed by atoms with E-state index in [1.165, 1.54) is 89.9 Å². The predicted octanol–water partition coefficient (Wildman–Crippen LogP) is 13.4. The fourth-order valence-electron chi connectivity index (χ4n) is 6.54. The summed E-state index contributed by atoms with van der Waals surface area (Å²) in [6, 6.07) is -0.741. The summed E-state index contributed by atoms with van der Waals surface area (Å²) in [5.41, 5.74) is 0. The Kier molecular flexibility index (Phi) is 41.3. The van der Waals surface area contributed by atoms with Crippen LogP contribution in [0.15, 0.2) is 72.9 Å². The van der Waals surface area contributed by atoms with Crippen LogP contribution in [0.4, 0.5) is 0 Å². The molecule has 1 amide bonds. The summed E-state index contributed by atoms with van der Waals surface area (Å²) in [6.45, 7) is 6.29. The maximum atomic E-state index is 13.1. The fourth-order valence-corrected chi connectivity index (χ4v) is 6.54. The van der Waals surface area contributed by atoms with E-state index < -0.39 is 18.2 Å². The summed E-state index contributed by atoms with van der Waals surface area (Å²) in [7, 11) is 0. The van der Waals surface area contributed by atoms with Crippen LogP contribution in [0.25, 0.3) is 0 Å². The third-order valence-corrected chi connectivity index (χ3v) is 10.0. The number of amides is 1. The van der Waals surface area contributed by atoms with Gasteiger partial charge in [0.25, 0.3) is 0 Å². The molecule has 0 spiro atoms. The molecule has 0 heterocycles. The highest BCUT2D eigenvalue weighted by molar-refractivity contribution is 5.78. The first-order valence-electron chi connectivity index (χ1n) is 23.2. The second-order valence-corrected chi connectivity index (χ2v) is 15.4. The number of esters is 1. The molecule has 0 fully saturated rings. The van der Waals surface area contributed by atoms with E-state index in [2.05, 4.69) is 86.8 Å². The van der Waals surface area contributed by atoms with Gasteiger partial charge in [-0.2, -0.15) is 0 Å². The molecule has 3 unspecified atom stereocenters. The summed E-state index contributed by atoms with van der Waals surface area (Å²) >= 11 is 0. The van der Waals surface area contributed by atoms with Gasteiger partial charge in [0.1, 0.15) is 6.10 Å². The number of aliphatic hydroxyl groups is 2. The van der Waals surface area contributed by atoms with E-state index in [1.54, 1.807) is 6.08 Å². The van der Waals surface area contributed by atoms with E-state index in [0.717, 1.165) is 70.6 Å². The highest BCUT2D eigenvalue weighted by Gasteiger charge is 2.23. The Balaban J connectivity index is 4.81. The molecule has 0 aliphatic heterocycles. The van der Waals surface area contributed by atoms with Crippen molar-refractivity contribution in [3.8, 4) is 0 Å². The zero-order valence-corrected chi connectivity index (χ0v) is 36.5. The Labute approximate surface area is 345 Å². The van der Waals surface area contributed by atoms with Crippen molar-refractivity contribution in [2.24, 2.45) is 0 Å². The monoisotopic (exact) mass is 782 g/mol. The normalized spacial score (nSPS) is 14.0. The van der Waals surface area contributed by atoms with Gasteiger partial charge >= 0.3 is 5.97 Å². The first kappa shape index (κ1) is 53.3. The number of carbonyl (C=O) groups is 2. The number of rotatable bonds is 40. The summed E-state index contributed by atoms with van der Waals surface area (Å²) < 4.78 is 5.79. The van der Waals surface area contributed by atoms with Gasteiger partial charge in [0.05, 0.1) is 25.2 Å². The first-order valence-corrected chi connectivity index (χ1v) is 23.2. The van der Waals surface area contributed by atoms with Crippen molar-refractivity contribution in [3.63, 3.8) is 0 Å². The van der Waals surface area contributed by atoms with Gasteiger partial charge in [-0.3, -0.25) is 9.59 Å². The largest absolute Gasteiger partial charge is 0.458 e. The molecule has 322 valence electrons. The van der Waals surface area contributed by atoms with Crippen LogP contribution in [0.1, 0.15) is 207 Å². The molecule has 0 bridgehead atoms. The molecule has 0 saturated carbocycles. The summed E-state index contributed by atoms with van der Waals surface area (Å²) in [6.07, 6.45) is 54.2. The molecule has 0 aliphatic rings. The second-order valence-electron chi connectivity index (χ2n) is 15.4. The van der Waals surface area contributed by atoms with Crippen LogP contribution in [0, 0.1) is 0 Å². The van der Waals surface area contributed by atoms with Gasteiger partial charge in [0, 0.05) is 6.42 Å². The van der Waals surface area contributed by atoms with Gasteiger partial charge < -0.3 is 20.3 Å². The zero-order chi connectivity index (χ0) is 41.0. The maximum Gasteiger partial charge on any atom is 0.306 e. The van der Waals surface area contributed by atoms with Crippen molar-refractivity contribution < 1.29 is 24.5 Å². The summed E-state index contributed by atoms with van der Waals surface area (Å²) in [4.78, 5) is 25.9. The maximum absolute atomic E-state index is 13.1. The van der Waals surface area contributed by atoms with Gasteiger partial charge in [-0.25, -0.2) is 0 Å². The molecule has 56 heavy (non-hydrogen) atoms. The number of allylic oxidation sites excluding steroid dienone is 11. The minimum Gasteiger partial charge on any atom is -0.458 e. The molecule has 0 aromatic carbocycles. The topological polar surface area (TPSA) is 95.9 Å². The molecule has 6 heteroatoms. The smallest absolute Gasteiger partial charge is 0.306 e. The molecule has 0 aromatic rings. The van der Waals surface area contributed by atoms with Crippen molar-refractivity contribution >= 4 is 11.9 Å². The van der Waals surface area contributed by atoms with E-state index in [-0.39, 0.29) is 24.9 Å². The lowest BCUT2D eigenvalue weighted by Gasteiger charge is -2.23. The van der Waals surface area contributed by atoms with Gasteiger partial charge in [0.2, 0.25) is 5.91 Å². The SMILES string of the molecule is CC/C=C\C/C=C\C/C=C\C/C=C\C/C=C\C/C=C\C(CC(=O)NC(CO)C(O)CCCCCCCCCCCC)OC(=O)CCCCCCCCCCCC. The molecule has 3 atom stereocenters. The molecule has 0 rings (SSSR count). The number of nitrogens with one attached hydrogen (secondary N) is 1. The minimum absolute atomic E-state index is 0.0482. The minimum atomic E-state index is -0.818. The quantitative estimate of drug-likeness (QED) is 0.0327. The van der Waals surface area contributed by atoms with Crippen molar-refractivity contribution in [2.75, 3.05) is 6.61 Å². The molecular formula is C50H87NO5. The molecule has 0 aromatic heterocycles. The number of carbonyl (C=O) groups excluding carboxylic acids is 2. The van der Waals surface area contributed by atoms with Crippen molar-refractivity contribution in [3.05, 3.63) is 72.9 Å².